The summed E-state index contributed by atoms with van der Waals surface area (Å²) < 4.78 is 28.4. The number of carboxylic acid groups (broad SMARTS) is 1. The predicted octanol–water partition coefficient (Wildman–Crippen LogP) is 2.06. The van der Waals surface area contributed by atoms with Crippen LogP contribution in [0, 0.1) is 5.92 Å². The van der Waals surface area contributed by atoms with Crippen LogP contribution in [0.1, 0.15) is 29.6 Å². The fraction of sp³-hybridized carbons (Fsp3) is 0.368. The lowest BCUT2D eigenvalue weighted by atomic mass is 9.89. The van der Waals surface area contributed by atoms with Crippen LogP contribution in [-0.4, -0.2) is 48.8 Å². The Morgan fingerprint density at radius 2 is 1.96 bits per heavy atom. The molecule has 3 unspecified atom stereocenters. The molecule has 0 radical (unpaired) electrons. The molecule has 3 heterocycles. The molecule has 1 N–H and O–H groups in total. The van der Waals surface area contributed by atoms with Gasteiger partial charge in [-0.15, -0.1) is 0 Å². The van der Waals surface area contributed by atoms with E-state index in [0.717, 1.165) is 0 Å². The monoisotopic (exact) mass is 386 g/mol. The molecule has 7 nitrogen and oxygen atoms in total. The number of amides is 1. The molecule has 0 aliphatic carbocycles. The van der Waals surface area contributed by atoms with Crippen molar-refractivity contribution in [3.63, 3.8) is 0 Å². The van der Waals surface area contributed by atoms with E-state index in [-0.39, 0.29) is 16.8 Å². The topological polar surface area (TPSA) is 95.0 Å². The summed E-state index contributed by atoms with van der Waals surface area (Å²) >= 11 is 0. The van der Waals surface area contributed by atoms with Crippen molar-refractivity contribution in [2.45, 2.75) is 36.2 Å². The first-order valence-electron chi connectivity index (χ1n) is 8.92. The van der Waals surface area contributed by atoms with Crippen LogP contribution in [0.5, 0.6) is 0 Å². The Balaban J connectivity index is 1.69. The van der Waals surface area contributed by atoms with Gasteiger partial charge in [0, 0.05) is 35.5 Å². The van der Waals surface area contributed by atoms with E-state index >= 15 is 0 Å². The molecule has 8 heteroatoms. The molecule has 0 aromatic heterocycles. The molecule has 1 amide bonds. The highest BCUT2D eigenvalue weighted by Gasteiger charge is 2.54. The van der Waals surface area contributed by atoms with Crippen molar-refractivity contribution in [2.75, 3.05) is 11.9 Å². The highest BCUT2D eigenvalue weighted by Crippen LogP contribution is 2.47. The summed E-state index contributed by atoms with van der Waals surface area (Å²) in [6.07, 6.45) is 1.63. The lowest BCUT2D eigenvalue weighted by Gasteiger charge is -2.23. The third kappa shape index (κ3) is 2.02. The fourth-order valence-electron chi connectivity index (χ4n) is 5.03. The maximum Gasteiger partial charge on any atom is 0.308 e. The van der Waals surface area contributed by atoms with Crippen LogP contribution in [-0.2, 0) is 14.8 Å². The first-order valence-corrected chi connectivity index (χ1v) is 10.4. The van der Waals surface area contributed by atoms with E-state index in [0.29, 0.717) is 41.3 Å². The maximum atomic E-state index is 13.5. The van der Waals surface area contributed by atoms with Gasteiger partial charge in [-0.1, -0.05) is 12.1 Å². The summed E-state index contributed by atoms with van der Waals surface area (Å²) in [6.45, 7) is 0. The Morgan fingerprint density at radius 1 is 1.19 bits per heavy atom. The van der Waals surface area contributed by atoms with Gasteiger partial charge >= 0.3 is 5.97 Å². The first kappa shape index (κ1) is 16.7. The van der Waals surface area contributed by atoms with Gasteiger partial charge in [0.25, 0.3) is 5.91 Å². The minimum Gasteiger partial charge on any atom is -0.481 e. The van der Waals surface area contributed by atoms with Crippen LogP contribution >= 0.6 is 0 Å². The molecule has 5 rings (SSSR count). The van der Waals surface area contributed by atoms with Gasteiger partial charge in [-0.25, -0.2) is 8.42 Å². The largest absolute Gasteiger partial charge is 0.481 e. The molecule has 2 aromatic rings. The number of benzene rings is 2. The summed E-state index contributed by atoms with van der Waals surface area (Å²) in [5.74, 6) is -1.74. The lowest BCUT2D eigenvalue weighted by molar-refractivity contribution is -0.142. The Bertz CT molecular complexity index is 1130. The van der Waals surface area contributed by atoms with Gasteiger partial charge in [0.2, 0.25) is 10.0 Å². The van der Waals surface area contributed by atoms with E-state index < -0.39 is 28.0 Å². The number of carbonyl (C=O) groups is 2. The summed E-state index contributed by atoms with van der Waals surface area (Å²) in [6, 6.07) is 7.55. The molecule has 3 atom stereocenters. The molecule has 27 heavy (non-hydrogen) atoms. The zero-order valence-electron chi connectivity index (χ0n) is 14.6. The van der Waals surface area contributed by atoms with Gasteiger partial charge < -0.3 is 10.0 Å². The normalized spacial score (nSPS) is 27.1. The number of nitrogens with zero attached hydrogens (tertiary/aromatic N) is 2. The van der Waals surface area contributed by atoms with Crippen LogP contribution in [0.3, 0.4) is 0 Å². The number of hydrogen-bond acceptors (Lipinski definition) is 4. The number of rotatable bonds is 3. The quantitative estimate of drug-likeness (QED) is 0.871. The van der Waals surface area contributed by atoms with Crippen molar-refractivity contribution in [3.05, 3.63) is 35.9 Å². The molecule has 2 aromatic carbocycles. The Morgan fingerprint density at radius 3 is 2.67 bits per heavy atom. The third-order valence-electron chi connectivity index (χ3n) is 6.22. The van der Waals surface area contributed by atoms with E-state index in [9.17, 15) is 23.1 Å². The minimum absolute atomic E-state index is 0.147. The smallest absolute Gasteiger partial charge is 0.308 e. The van der Waals surface area contributed by atoms with Crippen molar-refractivity contribution in [1.29, 1.82) is 0 Å². The lowest BCUT2D eigenvalue weighted by Crippen LogP contribution is -2.37. The third-order valence-corrected chi connectivity index (χ3v) is 8.26. The molecule has 2 saturated heterocycles. The Hall–Kier alpha value is -2.45. The van der Waals surface area contributed by atoms with E-state index in [4.69, 9.17) is 0 Å². The molecule has 3 aliphatic rings. The SMILES string of the molecule is CN1C(=O)c2cccc3c(S(=O)(=O)N4C5CCC4C(C(=O)O)C5)ccc1c23. The van der Waals surface area contributed by atoms with E-state index in [1.165, 1.54) is 9.21 Å². The summed E-state index contributed by atoms with van der Waals surface area (Å²) in [7, 11) is -2.20. The van der Waals surface area contributed by atoms with Crippen molar-refractivity contribution >= 4 is 38.4 Å². The average Bonchev–Trinajstić information content (AvgIpc) is 3.30. The number of sulfonamides is 1. The molecular formula is C19H18N2O5S. The zero-order chi connectivity index (χ0) is 19.1. The van der Waals surface area contributed by atoms with E-state index in [1.54, 1.807) is 37.4 Å². The fourth-order valence-corrected chi connectivity index (χ4v) is 7.13. The van der Waals surface area contributed by atoms with Crippen LogP contribution in [0.2, 0.25) is 0 Å². The predicted molar refractivity (Wildman–Crippen MR) is 98.3 cm³/mol. The van der Waals surface area contributed by atoms with Gasteiger partial charge in [-0.3, -0.25) is 9.59 Å². The van der Waals surface area contributed by atoms with Crippen LogP contribution in [0.25, 0.3) is 10.8 Å². The second-order valence-electron chi connectivity index (χ2n) is 7.49. The van der Waals surface area contributed by atoms with Crippen LogP contribution < -0.4 is 4.90 Å². The molecule has 2 fully saturated rings. The standard InChI is InChI=1S/C19H18N2O5S/c1-20-15-7-8-16(11-3-2-4-12(17(11)15)18(20)22)27(25,26)21-10-5-6-14(21)13(9-10)19(23)24/h2-4,7-8,10,13-14H,5-6,9H2,1H3,(H,23,24). The molecule has 140 valence electrons. The number of carbonyl (C=O) groups excluding carboxylic acids is 1. The van der Waals surface area contributed by atoms with Gasteiger partial charge in [-0.2, -0.15) is 4.31 Å². The number of fused-ring (bicyclic) bond motifs is 2. The minimum atomic E-state index is -3.87. The second-order valence-corrected chi connectivity index (χ2v) is 9.30. The number of hydrogen-bond donors (Lipinski definition) is 1. The van der Waals surface area contributed by atoms with Crippen molar-refractivity contribution in [2.24, 2.45) is 5.92 Å². The zero-order valence-corrected chi connectivity index (χ0v) is 15.4. The average molecular weight is 386 g/mol. The van der Waals surface area contributed by atoms with Gasteiger partial charge in [0.15, 0.2) is 0 Å². The molecule has 3 aliphatic heterocycles. The number of anilines is 1. The molecule has 0 spiro atoms. The van der Waals surface area contributed by atoms with Gasteiger partial charge in [0.05, 0.1) is 16.5 Å². The number of aliphatic carboxylic acids is 1. The van der Waals surface area contributed by atoms with E-state index in [2.05, 4.69) is 0 Å². The van der Waals surface area contributed by atoms with Crippen LogP contribution in [0.4, 0.5) is 5.69 Å². The van der Waals surface area contributed by atoms with E-state index in [1.807, 2.05) is 0 Å². The Labute approximate surface area is 156 Å². The summed E-state index contributed by atoms with van der Waals surface area (Å²) in [4.78, 5) is 25.6. The van der Waals surface area contributed by atoms with Crippen molar-refractivity contribution < 1.29 is 23.1 Å². The summed E-state index contributed by atoms with van der Waals surface area (Å²) in [5.41, 5.74) is 1.19. The highest BCUT2D eigenvalue weighted by molar-refractivity contribution is 7.89. The molecule has 2 bridgehead atoms. The molecular weight excluding hydrogens is 368 g/mol. The maximum absolute atomic E-state index is 13.5. The van der Waals surface area contributed by atoms with Gasteiger partial charge in [0.1, 0.15) is 0 Å². The first-order chi connectivity index (χ1) is 12.8. The van der Waals surface area contributed by atoms with Crippen molar-refractivity contribution in [3.8, 4) is 0 Å². The highest BCUT2D eigenvalue weighted by atomic mass is 32.2. The molecule has 0 saturated carbocycles. The summed E-state index contributed by atoms with van der Waals surface area (Å²) in [5, 5.41) is 10.6. The van der Waals surface area contributed by atoms with Gasteiger partial charge in [-0.05, 0) is 37.5 Å². The number of carboxylic acids is 1. The second kappa shape index (κ2) is 5.30. The van der Waals surface area contributed by atoms with Crippen LogP contribution in [0.15, 0.2) is 35.2 Å². The Kier molecular flexibility index (Phi) is 3.28. The van der Waals surface area contributed by atoms with Crippen molar-refractivity contribution in [1.82, 2.24) is 4.31 Å².